The van der Waals surface area contributed by atoms with Gasteiger partial charge in [0.25, 0.3) is 5.91 Å². The van der Waals surface area contributed by atoms with Gasteiger partial charge in [-0.15, -0.1) is 0 Å². The molecule has 0 unspecified atom stereocenters. The summed E-state index contributed by atoms with van der Waals surface area (Å²) in [6, 6.07) is 5.94. The zero-order valence-electron chi connectivity index (χ0n) is 19.8. The van der Waals surface area contributed by atoms with Crippen molar-refractivity contribution in [3.8, 4) is 17.0 Å². The zero-order valence-corrected chi connectivity index (χ0v) is 21.4. The second-order valence-electron chi connectivity index (χ2n) is 8.66. The maximum atomic E-state index is 13.2. The predicted octanol–water partition coefficient (Wildman–Crippen LogP) is 4.77. The molecule has 1 N–H and O–H groups in total. The van der Waals surface area contributed by atoms with E-state index in [0.29, 0.717) is 23.0 Å². The van der Waals surface area contributed by atoms with Crippen LogP contribution in [-0.4, -0.2) is 68.0 Å². The van der Waals surface area contributed by atoms with Gasteiger partial charge in [-0.05, 0) is 43.0 Å². The number of halogens is 3. The summed E-state index contributed by atoms with van der Waals surface area (Å²) in [6.45, 7) is -2.54. The van der Waals surface area contributed by atoms with Gasteiger partial charge in [0.2, 0.25) is 0 Å². The zero-order chi connectivity index (χ0) is 25.9. The van der Waals surface area contributed by atoms with Crippen molar-refractivity contribution in [1.82, 2.24) is 24.4 Å². The van der Waals surface area contributed by atoms with Gasteiger partial charge in [0.1, 0.15) is 18.0 Å². The van der Waals surface area contributed by atoms with E-state index in [-0.39, 0.29) is 29.3 Å². The molecule has 0 atom stereocenters. The Morgan fingerprint density at radius 3 is 2.78 bits per heavy atom. The molecule has 0 aliphatic carbocycles. The van der Waals surface area contributed by atoms with E-state index in [1.807, 2.05) is 0 Å². The van der Waals surface area contributed by atoms with Gasteiger partial charge >= 0.3 is 6.61 Å². The maximum absolute atomic E-state index is 13.2. The van der Waals surface area contributed by atoms with Crippen molar-refractivity contribution in [2.75, 3.05) is 36.4 Å². The van der Waals surface area contributed by atoms with Gasteiger partial charge in [-0.3, -0.25) is 4.79 Å². The molecule has 0 aliphatic heterocycles. The van der Waals surface area contributed by atoms with Crippen LogP contribution in [0.5, 0.6) is 5.75 Å². The molecular weight excluding hydrogens is 514 g/mol. The van der Waals surface area contributed by atoms with Gasteiger partial charge < -0.3 is 14.8 Å². The fourth-order valence-electron chi connectivity index (χ4n) is 3.38. The highest BCUT2D eigenvalue weighted by Gasteiger charge is 2.23. The highest BCUT2D eigenvalue weighted by atomic mass is 35.5. The Morgan fingerprint density at radius 1 is 1.22 bits per heavy atom. The molecular formula is C23H25ClF2N6O3S. The van der Waals surface area contributed by atoms with Gasteiger partial charge in [0.15, 0.2) is 5.65 Å². The number of nitrogens with one attached hydrogen (secondary N) is 1. The van der Waals surface area contributed by atoms with E-state index in [4.69, 9.17) is 21.1 Å². The Morgan fingerprint density at radius 2 is 2.03 bits per heavy atom. The lowest BCUT2D eigenvalue weighted by Crippen LogP contribution is -2.14. The molecule has 9 nitrogen and oxygen atoms in total. The number of carbonyl (C=O) groups excluding carboxylic acids is 1. The van der Waals surface area contributed by atoms with E-state index >= 15 is 0 Å². The van der Waals surface area contributed by atoms with Gasteiger partial charge in [0, 0.05) is 28.7 Å². The smallest absolute Gasteiger partial charge is 0.387 e. The first-order chi connectivity index (χ1) is 17.1. The molecule has 0 bridgehead atoms. The largest absolute Gasteiger partial charge is 0.434 e. The molecule has 3 aromatic heterocycles. The molecule has 3 heterocycles. The second-order valence-corrected chi connectivity index (χ2v) is 13.7. The summed E-state index contributed by atoms with van der Waals surface area (Å²) in [5.74, 6) is 0.259. The Hall–Kier alpha value is -3.22. The van der Waals surface area contributed by atoms with Crippen LogP contribution in [0.1, 0.15) is 10.4 Å². The number of carbonyl (C=O) groups is 1. The third-order valence-electron chi connectivity index (χ3n) is 5.08. The number of aromatic nitrogens is 5. The molecule has 192 valence electrons. The summed E-state index contributed by atoms with van der Waals surface area (Å²) in [5.41, 5.74) is 1.37. The van der Waals surface area contributed by atoms with Crippen LogP contribution in [0.4, 0.5) is 14.5 Å². The average molecular weight is 539 g/mol. The summed E-state index contributed by atoms with van der Waals surface area (Å²) in [6.07, 6.45) is 12.6. The molecule has 0 saturated heterocycles. The van der Waals surface area contributed by atoms with Crippen LogP contribution < -0.4 is 10.1 Å². The summed E-state index contributed by atoms with van der Waals surface area (Å²) >= 11 is 6.20. The molecule has 0 aliphatic rings. The topological polar surface area (TPSA) is 95.6 Å². The summed E-state index contributed by atoms with van der Waals surface area (Å²) in [4.78, 5) is 17.3. The van der Waals surface area contributed by atoms with Gasteiger partial charge in [-0.1, -0.05) is 11.6 Å². The summed E-state index contributed by atoms with van der Waals surface area (Å²) in [7, 11) is -0.767. The van der Waals surface area contributed by atoms with Crippen molar-refractivity contribution < 1.29 is 23.0 Å². The Bertz CT molecular complexity index is 1370. The first kappa shape index (κ1) is 25.9. The number of hydrogen-bond acceptors (Lipinski definition) is 6. The summed E-state index contributed by atoms with van der Waals surface area (Å²) in [5, 5.41) is 11.5. The van der Waals surface area contributed by atoms with Gasteiger partial charge in [-0.2, -0.15) is 19.0 Å². The first-order valence-corrected chi connectivity index (χ1v) is 14.2. The Labute approximate surface area is 212 Å². The van der Waals surface area contributed by atoms with E-state index in [2.05, 4.69) is 39.3 Å². The number of anilines is 1. The quantitative estimate of drug-likeness (QED) is 0.292. The van der Waals surface area contributed by atoms with Crippen molar-refractivity contribution in [3.05, 3.63) is 59.6 Å². The monoisotopic (exact) mass is 538 g/mol. The molecule has 0 spiro atoms. The van der Waals surface area contributed by atoms with Crippen molar-refractivity contribution in [3.63, 3.8) is 0 Å². The number of benzene rings is 1. The minimum atomic E-state index is -3.06. The normalized spacial score (nSPS) is 12.3. The maximum Gasteiger partial charge on any atom is 0.387 e. The third-order valence-corrected chi connectivity index (χ3v) is 6.70. The molecule has 0 radical (unpaired) electrons. The number of rotatable bonds is 10. The molecule has 1 amide bonds. The van der Waals surface area contributed by atoms with E-state index < -0.39 is 22.5 Å². The van der Waals surface area contributed by atoms with E-state index in [0.717, 1.165) is 5.75 Å². The third kappa shape index (κ3) is 6.12. The minimum absolute atomic E-state index is 0.0274. The molecule has 0 fully saturated rings. The molecule has 1 aromatic carbocycles. The van der Waals surface area contributed by atoms with Crippen molar-refractivity contribution in [2.45, 2.75) is 13.3 Å². The second kappa shape index (κ2) is 10.8. The minimum Gasteiger partial charge on any atom is -0.434 e. The fraction of sp³-hybridized carbons (Fsp3) is 0.304. The van der Waals surface area contributed by atoms with E-state index in [1.54, 1.807) is 18.5 Å². The predicted molar refractivity (Wildman–Crippen MR) is 136 cm³/mol. The highest BCUT2D eigenvalue weighted by molar-refractivity contribution is 8.32. The van der Waals surface area contributed by atoms with Crippen LogP contribution in [0.3, 0.4) is 0 Å². The van der Waals surface area contributed by atoms with Gasteiger partial charge in [0.05, 0.1) is 30.4 Å². The van der Waals surface area contributed by atoms with Gasteiger partial charge in [-0.25, -0.2) is 24.2 Å². The first-order valence-electron chi connectivity index (χ1n) is 10.8. The Balaban J connectivity index is 1.70. The lowest BCUT2D eigenvalue weighted by Gasteiger charge is -2.24. The van der Waals surface area contributed by atoms with Crippen LogP contribution in [0.2, 0.25) is 5.02 Å². The van der Waals surface area contributed by atoms with Crippen LogP contribution in [0.25, 0.3) is 16.9 Å². The standard InChI is InChI=1S/C23H25ClF2N6O3S/c1-36(2,3)10-9-34-14-32-20(16-11-15(24)5-6-19(16)35-23(25)26)18(13-29-32)30-22(33)17-12-28-31-8-4-7-27-21(17)31/h4-8,11-13,23H,9-10,14H2,1-3H3,(H,30,33). The fourth-order valence-corrected chi connectivity index (χ4v) is 4.17. The Kier molecular flexibility index (Phi) is 7.76. The number of fused-ring (bicyclic) bond motifs is 1. The summed E-state index contributed by atoms with van der Waals surface area (Å²) < 4.78 is 39.8. The van der Waals surface area contributed by atoms with Crippen LogP contribution >= 0.6 is 21.6 Å². The molecule has 4 rings (SSSR count). The molecule has 13 heteroatoms. The number of alkyl halides is 2. The molecule has 0 saturated carbocycles. The van der Waals surface area contributed by atoms with Crippen molar-refractivity contribution in [2.24, 2.45) is 0 Å². The number of hydrogen-bond donors (Lipinski definition) is 1. The molecule has 36 heavy (non-hydrogen) atoms. The average Bonchev–Trinajstić information content (AvgIpc) is 3.41. The molecule has 4 aromatic rings. The van der Waals surface area contributed by atoms with E-state index in [1.165, 1.54) is 39.8 Å². The van der Waals surface area contributed by atoms with Crippen LogP contribution in [0, 0.1) is 0 Å². The van der Waals surface area contributed by atoms with Crippen LogP contribution in [0.15, 0.2) is 49.1 Å². The van der Waals surface area contributed by atoms with E-state index in [9.17, 15) is 13.6 Å². The van der Waals surface area contributed by atoms with Crippen molar-refractivity contribution in [1.29, 1.82) is 0 Å². The lowest BCUT2D eigenvalue weighted by molar-refractivity contribution is -0.0495. The number of nitrogens with zero attached hydrogens (tertiary/aromatic N) is 5. The number of amides is 1. The highest BCUT2D eigenvalue weighted by Crippen LogP contribution is 2.38. The SMILES string of the molecule is CS(C)(C)CCOCn1ncc(NC(=O)c2cnn3cccnc23)c1-c1cc(Cl)ccc1OC(F)F. The van der Waals surface area contributed by atoms with Crippen molar-refractivity contribution >= 4 is 38.9 Å². The lowest BCUT2D eigenvalue weighted by atomic mass is 10.1. The van der Waals surface area contributed by atoms with Crippen LogP contribution in [-0.2, 0) is 11.5 Å². The number of ether oxygens (including phenoxy) is 2.